The van der Waals surface area contributed by atoms with E-state index in [9.17, 15) is 9.59 Å². The monoisotopic (exact) mass is 338 g/mol. The van der Waals surface area contributed by atoms with Gasteiger partial charge in [-0.15, -0.1) is 10.2 Å². The Morgan fingerprint density at radius 2 is 2.16 bits per heavy atom. The van der Waals surface area contributed by atoms with Gasteiger partial charge >= 0.3 is 0 Å². The minimum absolute atomic E-state index is 0.0125. The van der Waals surface area contributed by atoms with Crippen LogP contribution in [0, 0.1) is 6.92 Å². The SMILES string of the molecule is Cc1nnc2n1C[C@H](NC(=O)Cn1c(=O)cnc3ccccc31)CC2. The Kier molecular flexibility index (Phi) is 3.79. The predicted molar refractivity (Wildman–Crippen MR) is 91.0 cm³/mol. The molecular formula is C17H18N6O2. The number of nitrogens with one attached hydrogen (secondary N) is 1. The number of rotatable bonds is 3. The van der Waals surface area contributed by atoms with Crippen LogP contribution in [0.1, 0.15) is 18.1 Å². The molecule has 4 rings (SSSR count). The number of aromatic nitrogens is 5. The first kappa shape index (κ1) is 15.5. The third-order valence-electron chi connectivity index (χ3n) is 4.55. The number of para-hydroxylation sites is 2. The first-order valence-corrected chi connectivity index (χ1v) is 8.24. The van der Waals surface area contributed by atoms with Crippen molar-refractivity contribution in [1.29, 1.82) is 0 Å². The lowest BCUT2D eigenvalue weighted by Gasteiger charge is -2.25. The summed E-state index contributed by atoms with van der Waals surface area (Å²) in [6, 6.07) is 7.31. The van der Waals surface area contributed by atoms with Gasteiger partial charge in [-0.1, -0.05) is 12.1 Å². The molecule has 1 aliphatic heterocycles. The summed E-state index contributed by atoms with van der Waals surface area (Å²) in [5.74, 6) is 1.63. The zero-order valence-corrected chi connectivity index (χ0v) is 13.8. The molecule has 0 fully saturated rings. The summed E-state index contributed by atoms with van der Waals surface area (Å²) in [4.78, 5) is 28.7. The molecule has 0 radical (unpaired) electrons. The maximum absolute atomic E-state index is 12.5. The van der Waals surface area contributed by atoms with Gasteiger partial charge in [-0.2, -0.15) is 0 Å². The van der Waals surface area contributed by atoms with E-state index >= 15 is 0 Å². The number of fused-ring (bicyclic) bond motifs is 2. The summed E-state index contributed by atoms with van der Waals surface area (Å²) in [7, 11) is 0. The largest absolute Gasteiger partial charge is 0.350 e. The first-order chi connectivity index (χ1) is 12.1. The summed E-state index contributed by atoms with van der Waals surface area (Å²) in [6.07, 6.45) is 2.85. The molecule has 1 atom stereocenters. The van der Waals surface area contributed by atoms with E-state index in [-0.39, 0.29) is 24.1 Å². The van der Waals surface area contributed by atoms with Crippen molar-refractivity contribution in [2.24, 2.45) is 0 Å². The number of hydrogen-bond donors (Lipinski definition) is 1. The van der Waals surface area contributed by atoms with Crippen molar-refractivity contribution < 1.29 is 4.79 Å². The Bertz CT molecular complexity index is 1010. The van der Waals surface area contributed by atoms with Crippen LogP contribution in [0.5, 0.6) is 0 Å². The lowest BCUT2D eigenvalue weighted by atomic mass is 10.1. The Morgan fingerprint density at radius 3 is 3.04 bits per heavy atom. The number of hydrogen-bond acceptors (Lipinski definition) is 5. The van der Waals surface area contributed by atoms with Gasteiger partial charge in [0.25, 0.3) is 5.56 Å². The van der Waals surface area contributed by atoms with Gasteiger partial charge < -0.3 is 9.88 Å². The molecule has 1 aliphatic rings. The molecule has 0 bridgehead atoms. The fourth-order valence-corrected chi connectivity index (χ4v) is 3.27. The van der Waals surface area contributed by atoms with Crippen molar-refractivity contribution in [3.8, 4) is 0 Å². The highest BCUT2D eigenvalue weighted by atomic mass is 16.2. The lowest BCUT2D eigenvalue weighted by Crippen LogP contribution is -2.43. The number of aryl methyl sites for hydroxylation is 2. The highest BCUT2D eigenvalue weighted by molar-refractivity contribution is 5.80. The zero-order chi connectivity index (χ0) is 17.4. The number of amides is 1. The van der Waals surface area contributed by atoms with E-state index in [0.29, 0.717) is 17.6 Å². The number of carbonyl (C=O) groups excluding carboxylic acids is 1. The smallest absolute Gasteiger partial charge is 0.269 e. The molecule has 0 saturated heterocycles. The van der Waals surface area contributed by atoms with Gasteiger partial charge in [0.05, 0.1) is 17.2 Å². The molecule has 128 valence electrons. The minimum Gasteiger partial charge on any atom is -0.350 e. The molecular weight excluding hydrogens is 320 g/mol. The van der Waals surface area contributed by atoms with E-state index in [1.807, 2.05) is 29.7 Å². The maximum Gasteiger partial charge on any atom is 0.269 e. The highest BCUT2D eigenvalue weighted by Crippen LogP contribution is 2.15. The third kappa shape index (κ3) is 2.90. The molecule has 0 unspecified atom stereocenters. The van der Waals surface area contributed by atoms with Crippen molar-refractivity contribution in [2.45, 2.75) is 38.9 Å². The molecule has 25 heavy (non-hydrogen) atoms. The van der Waals surface area contributed by atoms with Gasteiger partial charge in [-0.3, -0.25) is 14.2 Å². The second kappa shape index (κ2) is 6.12. The van der Waals surface area contributed by atoms with Gasteiger partial charge in [0.2, 0.25) is 5.91 Å². The fraction of sp³-hybridized carbons (Fsp3) is 0.353. The van der Waals surface area contributed by atoms with E-state index in [1.165, 1.54) is 10.8 Å². The highest BCUT2D eigenvalue weighted by Gasteiger charge is 2.23. The Morgan fingerprint density at radius 1 is 1.32 bits per heavy atom. The van der Waals surface area contributed by atoms with Gasteiger partial charge in [-0.25, -0.2) is 4.98 Å². The normalized spacial score (nSPS) is 16.6. The van der Waals surface area contributed by atoms with Crippen LogP contribution in [0.4, 0.5) is 0 Å². The van der Waals surface area contributed by atoms with Gasteiger partial charge in [0.1, 0.15) is 18.2 Å². The molecule has 2 aromatic heterocycles. The summed E-state index contributed by atoms with van der Waals surface area (Å²) in [6.45, 7) is 2.54. The summed E-state index contributed by atoms with van der Waals surface area (Å²) < 4.78 is 3.48. The van der Waals surface area contributed by atoms with Crippen molar-refractivity contribution >= 4 is 16.9 Å². The van der Waals surface area contributed by atoms with Crippen molar-refractivity contribution in [2.75, 3.05) is 0 Å². The van der Waals surface area contributed by atoms with E-state index < -0.39 is 0 Å². The van der Waals surface area contributed by atoms with Crippen LogP contribution in [0.3, 0.4) is 0 Å². The van der Waals surface area contributed by atoms with Crippen molar-refractivity contribution in [3.63, 3.8) is 0 Å². The van der Waals surface area contributed by atoms with E-state index in [4.69, 9.17) is 0 Å². The second-order valence-corrected chi connectivity index (χ2v) is 6.25. The van der Waals surface area contributed by atoms with Crippen LogP contribution >= 0.6 is 0 Å². The average molecular weight is 338 g/mol. The van der Waals surface area contributed by atoms with Crippen LogP contribution < -0.4 is 10.9 Å². The standard InChI is InChI=1S/C17H18N6O2/c1-11-20-21-15-7-6-12(9-22(11)15)19-16(24)10-23-14-5-3-2-4-13(14)18-8-17(23)25/h2-5,8,12H,6-7,9-10H2,1H3,(H,19,24)/t12-/m1/s1. The molecule has 0 aliphatic carbocycles. The molecule has 0 spiro atoms. The van der Waals surface area contributed by atoms with Gasteiger partial charge in [-0.05, 0) is 25.5 Å². The van der Waals surface area contributed by atoms with Crippen LogP contribution in [-0.2, 0) is 24.3 Å². The van der Waals surface area contributed by atoms with Gasteiger partial charge in [0.15, 0.2) is 0 Å². The van der Waals surface area contributed by atoms with Crippen LogP contribution in [0.2, 0.25) is 0 Å². The Hall–Kier alpha value is -3.03. The summed E-state index contributed by atoms with van der Waals surface area (Å²) in [5, 5.41) is 11.2. The van der Waals surface area contributed by atoms with Crippen molar-refractivity contribution in [3.05, 3.63) is 52.5 Å². The minimum atomic E-state index is -0.283. The Labute approximate surface area is 143 Å². The molecule has 0 saturated carbocycles. The maximum atomic E-state index is 12.5. The van der Waals surface area contributed by atoms with E-state index in [2.05, 4.69) is 20.5 Å². The van der Waals surface area contributed by atoms with Crippen LogP contribution in [0.15, 0.2) is 35.3 Å². The summed E-state index contributed by atoms with van der Waals surface area (Å²) in [5.41, 5.74) is 1.07. The Balaban J connectivity index is 1.51. The number of benzene rings is 1. The summed E-state index contributed by atoms with van der Waals surface area (Å²) >= 11 is 0. The lowest BCUT2D eigenvalue weighted by molar-refractivity contribution is -0.122. The molecule has 3 aromatic rings. The molecule has 1 amide bonds. The molecule has 1 N–H and O–H groups in total. The first-order valence-electron chi connectivity index (χ1n) is 8.24. The molecule has 3 heterocycles. The number of carbonyl (C=O) groups is 1. The molecule has 1 aromatic carbocycles. The predicted octanol–water partition coefficient (Wildman–Crippen LogP) is 0.428. The van der Waals surface area contributed by atoms with Gasteiger partial charge in [0, 0.05) is 19.0 Å². The molecule has 8 heteroatoms. The van der Waals surface area contributed by atoms with Crippen LogP contribution in [0.25, 0.3) is 11.0 Å². The van der Waals surface area contributed by atoms with E-state index in [0.717, 1.165) is 24.5 Å². The zero-order valence-electron chi connectivity index (χ0n) is 13.8. The van der Waals surface area contributed by atoms with E-state index in [1.54, 1.807) is 6.07 Å². The third-order valence-corrected chi connectivity index (χ3v) is 4.55. The molecule has 8 nitrogen and oxygen atoms in total. The topological polar surface area (TPSA) is 94.7 Å². The average Bonchev–Trinajstić information content (AvgIpc) is 2.98. The fourth-order valence-electron chi connectivity index (χ4n) is 3.27. The quantitative estimate of drug-likeness (QED) is 0.747. The van der Waals surface area contributed by atoms with Crippen molar-refractivity contribution in [1.82, 2.24) is 29.6 Å². The second-order valence-electron chi connectivity index (χ2n) is 6.25. The number of nitrogens with zero attached hydrogens (tertiary/aromatic N) is 5. The van der Waals surface area contributed by atoms with Crippen LogP contribution in [-0.4, -0.2) is 36.3 Å².